The summed E-state index contributed by atoms with van der Waals surface area (Å²) in [5, 5.41) is 5.20. The third kappa shape index (κ3) is 2.47. The van der Waals surface area contributed by atoms with E-state index in [0.717, 1.165) is 17.0 Å². The van der Waals surface area contributed by atoms with Crippen LogP contribution in [0.3, 0.4) is 0 Å². The Bertz CT molecular complexity index is 405. The quantitative estimate of drug-likeness (QED) is 0.628. The van der Waals surface area contributed by atoms with Crippen LogP contribution in [0.5, 0.6) is 0 Å². The summed E-state index contributed by atoms with van der Waals surface area (Å²) in [7, 11) is -0.769. The number of hydrogen-bond acceptors (Lipinski definition) is 1. The van der Waals surface area contributed by atoms with Crippen LogP contribution in [0.2, 0.25) is 0 Å². The molecule has 0 aliphatic rings. The summed E-state index contributed by atoms with van der Waals surface area (Å²) in [6.45, 7) is 0. The molecule has 0 saturated heterocycles. The van der Waals surface area contributed by atoms with Crippen LogP contribution in [0.4, 0.5) is 0 Å². The van der Waals surface area contributed by atoms with Crippen LogP contribution in [0.15, 0.2) is 60.7 Å². The van der Waals surface area contributed by atoms with E-state index in [0.29, 0.717) is 0 Å². The monoisotopic (exact) mass is 229 g/mol. The summed E-state index contributed by atoms with van der Waals surface area (Å²) in [6, 6.07) is 20.0. The lowest BCUT2D eigenvalue weighted by molar-refractivity contribution is -0.108. The zero-order valence-corrected chi connectivity index (χ0v) is 9.60. The van der Waals surface area contributed by atoms with E-state index in [1.54, 1.807) is 0 Å². The largest absolute Gasteiger partial charge is 0.330 e. The van der Waals surface area contributed by atoms with Gasteiger partial charge in [-0.15, -0.1) is 0 Å². The predicted octanol–water partition coefficient (Wildman–Crippen LogP) is 1.78. The molecule has 0 radical (unpaired) electrons. The average Bonchev–Trinajstić information content (AvgIpc) is 2.38. The van der Waals surface area contributed by atoms with Crippen molar-refractivity contribution in [1.29, 1.82) is 0 Å². The Kier molecular flexibility index (Phi) is 3.68. The molecule has 0 saturated carbocycles. The van der Waals surface area contributed by atoms with Gasteiger partial charge in [0.1, 0.15) is 0 Å². The van der Waals surface area contributed by atoms with E-state index in [-0.39, 0.29) is 0 Å². The molecule has 0 heterocycles. The minimum atomic E-state index is -0.769. The van der Waals surface area contributed by atoms with Crippen molar-refractivity contribution in [3.63, 3.8) is 0 Å². The summed E-state index contributed by atoms with van der Waals surface area (Å²) in [6.07, 6.45) is 0.770. The van der Waals surface area contributed by atoms with Gasteiger partial charge in [-0.1, -0.05) is 60.7 Å². The van der Waals surface area contributed by atoms with Crippen LogP contribution < -0.4 is 15.7 Å². The molecule has 0 atom stereocenters. The summed E-state index contributed by atoms with van der Waals surface area (Å²) in [5.41, 5.74) is 0. The summed E-state index contributed by atoms with van der Waals surface area (Å²) in [5.74, 6) is 0. The molecule has 2 rings (SSSR count). The van der Waals surface area contributed by atoms with Crippen LogP contribution in [-0.4, -0.2) is 6.41 Å². The number of carbonyl (C=O) groups excluding carboxylic acids is 1. The molecule has 80 valence electrons. The van der Waals surface area contributed by atoms with E-state index in [2.05, 4.69) is 5.09 Å². The van der Waals surface area contributed by atoms with Crippen LogP contribution in [0.1, 0.15) is 0 Å². The zero-order valence-electron chi connectivity index (χ0n) is 8.71. The van der Waals surface area contributed by atoms with Crippen molar-refractivity contribution >= 4 is 25.1 Å². The lowest BCUT2D eigenvalue weighted by Gasteiger charge is -2.16. The second kappa shape index (κ2) is 5.43. The molecular weight excluding hydrogens is 217 g/mol. The number of rotatable bonds is 4. The molecule has 0 aromatic heterocycles. The lowest BCUT2D eigenvalue weighted by atomic mass is 10.4. The number of benzene rings is 2. The molecule has 3 heteroatoms. The topological polar surface area (TPSA) is 29.1 Å². The number of carbonyl (C=O) groups is 1. The van der Waals surface area contributed by atoms with Crippen molar-refractivity contribution in [3.05, 3.63) is 60.7 Å². The van der Waals surface area contributed by atoms with Crippen molar-refractivity contribution in [2.24, 2.45) is 0 Å². The molecule has 2 nitrogen and oxygen atoms in total. The van der Waals surface area contributed by atoms with Gasteiger partial charge in [-0.3, -0.25) is 4.79 Å². The van der Waals surface area contributed by atoms with E-state index < -0.39 is 8.07 Å². The molecular formula is C13H12NOP. The fourth-order valence-corrected chi connectivity index (χ4v) is 3.15. The van der Waals surface area contributed by atoms with Gasteiger partial charge in [0.2, 0.25) is 6.41 Å². The van der Waals surface area contributed by atoms with Gasteiger partial charge in [0.15, 0.2) is 0 Å². The van der Waals surface area contributed by atoms with Gasteiger partial charge < -0.3 is 5.09 Å². The van der Waals surface area contributed by atoms with Gasteiger partial charge in [0.05, 0.1) is 8.07 Å². The minimum absolute atomic E-state index is 0.769. The SMILES string of the molecule is O=CNP(c1ccccc1)c1ccccc1. The van der Waals surface area contributed by atoms with E-state index in [4.69, 9.17) is 0 Å². The van der Waals surface area contributed by atoms with Crippen LogP contribution in [-0.2, 0) is 4.79 Å². The highest BCUT2D eigenvalue weighted by Gasteiger charge is 2.11. The lowest BCUT2D eigenvalue weighted by Crippen LogP contribution is -2.21. The van der Waals surface area contributed by atoms with Crippen molar-refractivity contribution in [3.8, 4) is 0 Å². The van der Waals surface area contributed by atoms with E-state index in [1.807, 2.05) is 60.7 Å². The number of hydrogen-bond donors (Lipinski definition) is 1. The standard InChI is InChI=1S/C13H12NOP/c15-11-14-16(12-7-3-1-4-8-12)13-9-5-2-6-10-13/h1-11H,(H,14,15). The van der Waals surface area contributed by atoms with Crippen LogP contribution in [0, 0.1) is 0 Å². The van der Waals surface area contributed by atoms with Gasteiger partial charge in [0.25, 0.3) is 0 Å². The maximum absolute atomic E-state index is 10.7. The van der Waals surface area contributed by atoms with Crippen molar-refractivity contribution in [2.45, 2.75) is 0 Å². The Morgan fingerprint density at radius 1 is 0.812 bits per heavy atom. The number of nitrogens with one attached hydrogen (secondary N) is 1. The third-order valence-electron chi connectivity index (χ3n) is 2.21. The predicted molar refractivity (Wildman–Crippen MR) is 68.3 cm³/mol. The normalized spacial score (nSPS) is 10.1. The first-order valence-electron chi connectivity index (χ1n) is 5.02. The van der Waals surface area contributed by atoms with E-state index in [9.17, 15) is 4.79 Å². The Labute approximate surface area is 96.1 Å². The molecule has 1 amide bonds. The van der Waals surface area contributed by atoms with Gasteiger partial charge >= 0.3 is 0 Å². The molecule has 0 unspecified atom stereocenters. The smallest absolute Gasteiger partial charge is 0.210 e. The van der Waals surface area contributed by atoms with Crippen LogP contribution >= 0.6 is 8.07 Å². The highest BCUT2D eigenvalue weighted by atomic mass is 31.1. The summed E-state index contributed by atoms with van der Waals surface area (Å²) in [4.78, 5) is 10.7. The van der Waals surface area contributed by atoms with Crippen LogP contribution in [0.25, 0.3) is 0 Å². The fourth-order valence-electron chi connectivity index (χ4n) is 1.50. The second-order valence-electron chi connectivity index (χ2n) is 3.25. The van der Waals surface area contributed by atoms with Gasteiger partial charge in [-0.05, 0) is 0 Å². The maximum atomic E-state index is 10.7. The molecule has 16 heavy (non-hydrogen) atoms. The van der Waals surface area contributed by atoms with E-state index >= 15 is 0 Å². The van der Waals surface area contributed by atoms with Gasteiger partial charge in [-0.25, -0.2) is 0 Å². The Balaban J connectivity index is 2.35. The third-order valence-corrected chi connectivity index (χ3v) is 4.20. The second-order valence-corrected chi connectivity index (χ2v) is 5.22. The maximum Gasteiger partial charge on any atom is 0.210 e. The molecule has 0 aliphatic heterocycles. The Morgan fingerprint density at radius 3 is 1.62 bits per heavy atom. The average molecular weight is 229 g/mol. The van der Waals surface area contributed by atoms with Gasteiger partial charge in [-0.2, -0.15) is 0 Å². The molecule has 0 fully saturated rings. The Morgan fingerprint density at radius 2 is 1.25 bits per heavy atom. The fraction of sp³-hybridized carbons (Fsp3) is 0. The molecule has 0 spiro atoms. The first-order chi connectivity index (χ1) is 7.92. The van der Waals surface area contributed by atoms with Crippen molar-refractivity contribution in [2.75, 3.05) is 0 Å². The Hall–Kier alpha value is -1.66. The number of amides is 1. The van der Waals surface area contributed by atoms with Gasteiger partial charge in [0, 0.05) is 10.6 Å². The summed E-state index contributed by atoms with van der Waals surface area (Å²) < 4.78 is 0. The molecule has 2 aromatic rings. The molecule has 2 aromatic carbocycles. The zero-order chi connectivity index (χ0) is 11.2. The first kappa shape index (κ1) is 10.8. The summed E-state index contributed by atoms with van der Waals surface area (Å²) >= 11 is 0. The highest BCUT2D eigenvalue weighted by molar-refractivity contribution is 7.71. The highest BCUT2D eigenvalue weighted by Crippen LogP contribution is 2.27. The van der Waals surface area contributed by atoms with Crippen molar-refractivity contribution < 1.29 is 4.79 Å². The minimum Gasteiger partial charge on any atom is -0.330 e. The first-order valence-corrected chi connectivity index (χ1v) is 6.36. The molecule has 1 N–H and O–H groups in total. The molecule has 0 aliphatic carbocycles. The van der Waals surface area contributed by atoms with Crippen molar-refractivity contribution in [1.82, 2.24) is 5.09 Å². The van der Waals surface area contributed by atoms with E-state index in [1.165, 1.54) is 0 Å². The molecule has 0 bridgehead atoms.